The topological polar surface area (TPSA) is 81.7 Å². The first-order valence-electron chi connectivity index (χ1n) is 6.88. The molecule has 0 aliphatic carbocycles. The van der Waals surface area contributed by atoms with Gasteiger partial charge in [0.05, 0.1) is 0 Å². The van der Waals surface area contributed by atoms with Gasteiger partial charge in [-0.05, 0) is 45.7 Å². The van der Waals surface area contributed by atoms with Crippen LogP contribution in [0.25, 0.3) is 0 Å². The number of amides is 2. The fraction of sp³-hybridized carbons (Fsp3) is 0.846. The van der Waals surface area contributed by atoms with E-state index >= 15 is 0 Å². The van der Waals surface area contributed by atoms with E-state index in [9.17, 15) is 14.7 Å². The molecule has 0 aromatic heterocycles. The Labute approximate surface area is 114 Å². The number of carbonyl (C=O) groups excluding carboxylic acids is 1. The number of nitrogens with one attached hydrogen (secondary N) is 2. The molecule has 1 fully saturated rings. The molecular weight excluding hydrogens is 246 g/mol. The van der Waals surface area contributed by atoms with Crippen LogP contribution in [-0.4, -0.2) is 54.2 Å². The van der Waals surface area contributed by atoms with Gasteiger partial charge in [-0.25, -0.2) is 9.59 Å². The van der Waals surface area contributed by atoms with Crippen molar-refractivity contribution in [2.45, 2.75) is 38.6 Å². The molecule has 2 atom stereocenters. The van der Waals surface area contributed by atoms with Gasteiger partial charge in [0.25, 0.3) is 0 Å². The van der Waals surface area contributed by atoms with Gasteiger partial charge in [-0.3, -0.25) is 0 Å². The minimum Gasteiger partial charge on any atom is -0.480 e. The predicted octanol–water partition coefficient (Wildman–Crippen LogP) is 0.881. The van der Waals surface area contributed by atoms with Gasteiger partial charge in [0.2, 0.25) is 0 Å². The lowest BCUT2D eigenvalue weighted by atomic mass is 9.97. The molecule has 6 nitrogen and oxygen atoms in total. The summed E-state index contributed by atoms with van der Waals surface area (Å²) < 4.78 is 0. The highest BCUT2D eigenvalue weighted by Gasteiger charge is 2.35. The Morgan fingerprint density at radius 2 is 2.16 bits per heavy atom. The second kappa shape index (κ2) is 6.75. The van der Waals surface area contributed by atoms with Crippen LogP contribution in [0, 0.1) is 5.92 Å². The normalized spacial score (nSPS) is 22.7. The first-order chi connectivity index (χ1) is 8.92. The van der Waals surface area contributed by atoms with Gasteiger partial charge in [-0.2, -0.15) is 0 Å². The highest BCUT2D eigenvalue weighted by Crippen LogP contribution is 2.17. The molecule has 0 radical (unpaired) electrons. The van der Waals surface area contributed by atoms with Crippen LogP contribution in [0.1, 0.15) is 33.1 Å². The molecule has 19 heavy (non-hydrogen) atoms. The maximum Gasteiger partial charge on any atom is 0.329 e. The molecule has 0 saturated carbocycles. The molecule has 0 spiro atoms. The van der Waals surface area contributed by atoms with Crippen LogP contribution >= 0.6 is 0 Å². The molecule has 3 N–H and O–H groups in total. The number of rotatable bonds is 5. The smallest absolute Gasteiger partial charge is 0.329 e. The summed E-state index contributed by atoms with van der Waals surface area (Å²) in [4.78, 5) is 25.1. The van der Waals surface area contributed by atoms with Gasteiger partial charge in [-0.1, -0.05) is 6.92 Å². The van der Waals surface area contributed by atoms with Crippen molar-refractivity contribution < 1.29 is 14.7 Å². The number of piperidine rings is 1. The van der Waals surface area contributed by atoms with E-state index in [0.29, 0.717) is 25.4 Å². The standard InChI is InChI=1S/C13H25N3O3/c1-4-13(2,11(17)18)15-12(19)16-7-5-6-10(9-16)8-14-3/h10,14H,4-9H2,1-3H3,(H,15,19)(H,17,18). The van der Waals surface area contributed by atoms with Gasteiger partial charge in [-0.15, -0.1) is 0 Å². The number of nitrogens with zero attached hydrogens (tertiary/aromatic N) is 1. The molecule has 1 aliphatic rings. The molecule has 2 unspecified atom stereocenters. The monoisotopic (exact) mass is 271 g/mol. The quantitative estimate of drug-likeness (QED) is 0.693. The fourth-order valence-corrected chi connectivity index (χ4v) is 2.31. The molecule has 1 heterocycles. The van der Waals surface area contributed by atoms with Gasteiger partial charge in [0.15, 0.2) is 0 Å². The minimum absolute atomic E-state index is 0.271. The van der Waals surface area contributed by atoms with Crippen LogP contribution in [0.2, 0.25) is 0 Å². The molecule has 1 rings (SSSR count). The number of likely N-dealkylation sites (tertiary alicyclic amines) is 1. The van der Waals surface area contributed by atoms with Crippen molar-refractivity contribution in [3.05, 3.63) is 0 Å². The average Bonchev–Trinajstić information content (AvgIpc) is 2.39. The van der Waals surface area contributed by atoms with Crippen molar-refractivity contribution in [1.29, 1.82) is 0 Å². The summed E-state index contributed by atoms with van der Waals surface area (Å²) in [5.41, 5.74) is -1.19. The van der Waals surface area contributed by atoms with E-state index < -0.39 is 11.5 Å². The molecule has 1 aliphatic heterocycles. The molecule has 0 aromatic carbocycles. The minimum atomic E-state index is -1.19. The van der Waals surface area contributed by atoms with Crippen molar-refractivity contribution in [2.24, 2.45) is 5.92 Å². The van der Waals surface area contributed by atoms with Crippen LogP contribution in [0.15, 0.2) is 0 Å². The molecule has 6 heteroatoms. The Morgan fingerprint density at radius 3 is 2.68 bits per heavy atom. The SMILES string of the molecule is CCC(C)(NC(=O)N1CCCC(CNC)C1)C(=O)O. The third-order valence-corrected chi connectivity index (χ3v) is 3.86. The molecule has 0 bridgehead atoms. The zero-order valence-corrected chi connectivity index (χ0v) is 12.0. The zero-order valence-electron chi connectivity index (χ0n) is 12.0. The number of carboxylic acid groups (broad SMARTS) is 1. The first kappa shape index (κ1) is 15.8. The van der Waals surface area contributed by atoms with Crippen LogP contribution < -0.4 is 10.6 Å². The van der Waals surface area contributed by atoms with E-state index in [-0.39, 0.29) is 6.03 Å². The Bertz CT molecular complexity index is 333. The summed E-state index contributed by atoms with van der Waals surface area (Å²) in [5, 5.41) is 14.9. The summed E-state index contributed by atoms with van der Waals surface area (Å²) in [6.45, 7) is 5.57. The lowest BCUT2D eigenvalue weighted by molar-refractivity contribution is -0.143. The number of carbonyl (C=O) groups is 2. The summed E-state index contributed by atoms with van der Waals surface area (Å²) in [5.74, 6) is -0.547. The second-order valence-corrected chi connectivity index (χ2v) is 5.43. The van der Waals surface area contributed by atoms with Crippen molar-refractivity contribution >= 4 is 12.0 Å². The van der Waals surface area contributed by atoms with E-state index in [2.05, 4.69) is 10.6 Å². The van der Waals surface area contributed by atoms with E-state index in [1.54, 1.807) is 18.7 Å². The van der Waals surface area contributed by atoms with Crippen LogP contribution in [0.4, 0.5) is 4.79 Å². The largest absolute Gasteiger partial charge is 0.480 e. The highest BCUT2D eigenvalue weighted by molar-refractivity contribution is 5.85. The van der Waals surface area contributed by atoms with Crippen LogP contribution in [0.3, 0.4) is 0 Å². The van der Waals surface area contributed by atoms with Gasteiger partial charge >= 0.3 is 12.0 Å². The molecule has 0 aromatic rings. The Kier molecular flexibility index (Phi) is 5.60. The first-order valence-corrected chi connectivity index (χ1v) is 6.88. The number of urea groups is 1. The van der Waals surface area contributed by atoms with Crippen molar-refractivity contribution in [2.75, 3.05) is 26.7 Å². The summed E-state index contributed by atoms with van der Waals surface area (Å²) in [6.07, 6.45) is 2.44. The van der Waals surface area contributed by atoms with Crippen LogP contribution in [-0.2, 0) is 4.79 Å². The summed E-state index contributed by atoms with van der Waals surface area (Å²) in [7, 11) is 1.90. The van der Waals surface area contributed by atoms with Gasteiger partial charge in [0, 0.05) is 13.1 Å². The third-order valence-electron chi connectivity index (χ3n) is 3.86. The number of hydrogen-bond acceptors (Lipinski definition) is 3. The van der Waals surface area contributed by atoms with E-state index in [1.165, 1.54) is 0 Å². The maximum absolute atomic E-state index is 12.2. The Balaban J connectivity index is 2.59. The Hall–Kier alpha value is -1.30. The fourth-order valence-electron chi connectivity index (χ4n) is 2.31. The third kappa shape index (κ3) is 4.09. The van der Waals surface area contributed by atoms with Crippen LogP contribution in [0.5, 0.6) is 0 Å². The van der Waals surface area contributed by atoms with Crippen molar-refractivity contribution in [3.8, 4) is 0 Å². The number of hydrogen-bond donors (Lipinski definition) is 3. The zero-order chi connectivity index (χ0) is 14.5. The molecule has 2 amide bonds. The second-order valence-electron chi connectivity index (χ2n) is 5.43. The van der Waals surface area contributed by atoms with E-state index in [1.807, 2.05) is 7.05 Å². The lowest BCUT2D eigenvalue weighted by Crippen LogP contribution is -2.57. The summed E-state index contributed by atoms with van der Waals surface area (Å²) in [6, 6.07) is -0.271. The lowest BCUT2D eigenvalue weighted by Gasteiger charge is -2.35. The molecule has 110 valence electrons. The van der Waals surface area contributed by atoms with E-state index in [4.69, 9.17) is 0 Å². The molecule has 1 saturated heterocycles. The average molecular weight is 271 g/mol. The van der Waals surface area contributed by atoms with Crippen molar-refractivity contribution in [3.63, 3.8) is 0 Å². The van der Waals surface area contributed by atoms with Crippen molar-refractivity contribution in [1.82, 2.24) is 15.5 Å². The predicted molar refractivity (Wildman–Crippen MR) is 73.1 cm³/mol. The number of aliphatic carboxylic acids is 1. The molecular formula is C13H25N3O3. The number of carboxylic acids is 1. The summed E-state index contributed by atoms with van der Waals surface area (Å²) >= 11 is 0. The Morgan fingerprint density at radius 1 is 1.47 bits per heavy atom. The van der Waals surface area contributed by atoms with Gasteiger partial charge < -0.3 is 20.6 Å². The van der Waals surface area contributed by atoms with E-state index in [0.717, 1.165) is 19.4 Å². The van der Waals surface area contributed by atoms with Gasteiger partial charge in [0.1, 0.15) is 5.54 Å². The maximum atomic E-state index is 12.2. The highest BCUT2D eigenvalue weighted by atomic mass is 16.4.